The maximum atomic E-state index is 13.4. The van der Waals surface area contributed by atoms with Gasteiger partial charge in [0.15, 0.2) is 0 Å². The summed E-state index contributed by atoms with van der Waals surface area (Å²) in [4.78, 5) is 14.2. The highest BCUT2D eigenvalue weighted by Crippen LogP contribution is 2.42. The van der Waals surface area contributed by atoms with Gasteiger partial charge >= 0.3 is 0 Å². The summed E-state index contributed by atoms with van der Waals surface area (Å²) in [5.74, 6) is 1.45. The first-order valence-electron chi connectivity index (χ1n) is 11.5. The van der Waals surface area contributed by atoms with Gasteiger partial charge < -0.3 is 15.0 Å². The fourth-order valence-electron chi connectivity index (χ4n) is 5.48. The highest BCUT2D eigenvalue weighted by molar-refractivity contribution is 7.89. The van der Waals surface area contributed by atoms with E-state index < -0.39 is 10.0 Å². The zero-order valence-corrected chi connectivity index (χ0v) is 19.2. The number of ether oxygens (including phenoxy) is 1. The number of rotatable bonds is 6. The van der Waals surface area contributed by atoms with Crippen LogP contribution in [0, 0.1) is 17.8 Å². The summed E-state index contributed by atoms with van der Waals surface area (Å²) in [7, 11) is 0.661. The highest BCUT2D eigenvalue weighted by atomic mass is 32.2. The number of likely N-dealkylation sites (N-methyl/N-ethyl adjacent to an activating group) is 1. The van der Waals surface area contributed by atoms with Crippen LogP contribution in [0.25, 0.3) is 0 Å². The van der Waals surface area contributed by atoms with Gasteiger partial charge in [0.2, 0.25) is 15.9 Å². The molecule has 3 fully saturated rings. The minimum absolute atomic E-state index is 0.0133. The quantitative estimate of drug-likeness (QED) is 0.724. The Morgan fingerprint density at radius 3 is 2.58 bits per heavy atom. The summed E-state index contributed by atoms with van der Waals surface area (Å²) in [5.41, 5.74) is 1.63. The van der Waals surface area contributed by atoms with Crippen LogP contribution < -0.4 is 5.32 Å². The van der Waals surface area contributed by atoms with E-state index in [0.717, 1.165) is 36.6 Å². The van der Waals surface area contributed by atoms with Gasteiger partial charge in [-0.05, 0) is 87.7 Å². The lowest BCUT2D eigenvalue weighted by Gasteiger charge is -2.41. The van der Waals surface area contributed by atoms with Gasteiger partial charge in [-0.3, -0.25) is 4.79 Å². The monoisotopic (exact) mass is 447 g/mol. The molecule has 1 aromatic carbocycles. The first-order valence-corrected chi connectivity index (χ1v) is 13.0. The summed E-state index contributed by atoms with van der Waals surface area (Å²) >= 11 is 0. The molecule has 2 heterocycles. The van der Waals surface area contributed by atoms with E-state index in [1.807, 2.05) is 0 Å². The van der Waals surface area contributed by atoms with Crippen molar-refractivity contribution in [1.29, 1.82) is 0 Å². The van der Waals surface area contributed by atoms with Gasteiger partial charge in [-0.25, -0.2) is 8.42 Å². The SMILES string of the molecule is CN(C)[C@@H]1C[C@@H]2CN(S(=O)(=O)c3ccc4c(c3)CCC(=O)N4)C[C@@H]2C[C@H]1OCC1CC1. The first kappa shape index (κ1) is 21.4. The number of sulfonamides is 1. The number of fused-ring (bicyclic) bond motifs is 2. The van der Waals surface area contributed by atoms with Crippen LogP contribution in [0.1, 0.15) is 37.7 Å². The molecule has 4 aliphatic rings. The predicted molar refractivity (Wildman–Crippen MR) is 118 cm³/mol. The van der Waals surface area contributed by atoms with Crippen LogP contribution in [0.15, 0.2) is 23.1 Å². The minimum Gasteiger partial charge on any atom is -0.376 e. The van der Waals surface area contributed by atoms with E-state index in [1.54, 1.807) is 22.5 Å². The maximum absolute atomic E-state index is 13.4. The number of benzene rings is 1. The molecular weight excluding hydrogens is 414 g/mol. The standard InChI is InChI=1S/C23H33N3O4S/c1-25(2)21-10-17-12-26(13-18(17)11-22(21)30-14-15-3-4-15)31(28,29)19-6-7-20-16(9-19)5-8-23(27)24-20/h6-7,9,15,17-18,21-22H,3-5,8,10-14H2,1-2H3,(H,24,27)/t17-,18+,21-,22-/m1/s1. The predicted octanol–water partition coefficient (Wildman–Crippen LogP) is 2.33. The van der Waals surface area contributed by atoms with Crippen molar-refractivity contribution in [3.8, 4) is 0 Å². The Morgan fingerprint density at radius 1 is 1.13 bits per heavy atom. The van der Waals surface area contributed by atoms with E-state index in [-0.39, 0.29) is 12.0 Å². The molecule has 31 heavy (non-hydrogen) atoms. The van der Waals surface area contributed by atoms with Gasteiger partial charge in [0.25, 0.3) is 0 Å². The molecule has 0 aromatic heterocycles. The molecule has 1 amide bonds. The number of hydrogen-bond acceptors (Lipinski definition) is 5. The van der Waals surface area contributed by atoms with Crippen molar-refractivity contribution in [2.45, 2.75) is 55.6 Å². The van der Waals surface area contributed by atoms with Gasteiger partial charge in [-0.2, -0.15) is 4.31 Å². The number of anilines is 1. The van der Waals surface area contributed by atoms with Crippen LogP contribution in [0.4, 0.5) is 5.69 Å². The Bertz CT molecular complexity index is 960. The van der Waals surface area contributed by atoms with Crippen molar-refractivity contribution in [3.63, 3.8) is 0 Å². The number of nitrogens with zero attached hydrogens (tertiary/aromatic N) is 2. The molecule has 7 nitrogen and oxygen atoms in total. The number of carbonyl (C=O) groups excluding carboxylic acids is 1. The van der Waals surface area contributed by atoms with Crippen LogP contribution in [0.3, 0.4) is 0 Å². The molecule has 1 N–H and O–H groups in total. The molecule has 0 unspecified atom stereocenters. The zero-order chi connectivity index (χ0) is 21.8. The molecule has 2 aliphatic heterocycles. The molecule has 8 heteroatoms. The molecule has 0 spiro atoms. The van der Waals surface area contributed by atoms with Crippen LogP contribution in [-0.2, 0) is 26.0 Å². The second-order valence-electron chi connectivity index (χ2n) is 10.0. The Kier molecular flexibility index (Phi) is 5.61. The van der Waals surface area contributed by atoms with E-state index in [2.05, 4.69) is 24.3 Å². The topological polar surface area (TPSA) is 79.0 Å². The van der Waals surface area contributed by atoms with Crippen LogP contribution in [0.2, 0.25) is 0 Å². The summed E-state index contributed by atoms with van der Waals surface area (Å²) in [6, 6.07) is 5.45. The van der Waals surface area contributed by atoms with Crippen LogP contribution in [0.5, 0.6) is 0 Å². The van der Waals surface area contributed by atoms with Gasteiger partial charge in [0.05, 0.1) is 11.0 Å². The number of hydrogen-bond donors (Lipinski definition) is 1. The van der Waals surface area contributed by atoms with Gasteiger partial charge in [-0.1, -0.05) is 0 Å². The van der Waals surface area contributed by atoms with Crippen molar-refractivity contribution in [2.75, 3.05) is 39.1 Å². The number of aryl methyl sites for hydroxylation is 1. The van der Waals surface area contributed by atoms with E-state index >= 15 is 0 Å². The average Bonchev–Trinajstić information content (AvgIpc) is 3.47. The second kappa shape index (κ2) is 8.14. The van der Waals surface area contributed by atoms with Crippen molar-refractivity contribution in [3.05, 3.63) is 23.8 Å². The van der Waals surface area contributed by atoms with E-state index in [4.69, 9.17) is 4.74 Å². The van der Waals surface area contributed by atoms with Crippen LogP contribution in [-0.4, -0.2) is 69.5 Å². The van der Waals surface area contributed by atoms with E-state index in [1.165, 1.54) is 12.8 Å². The van der Waals surface area contributed by atoms with Crippen molar-refractivity contribution in [2.24, 2.45) is 17.8 Å². The number of carbonyl (C=O) groups is 1. The molecule has 2 aliphatic carbocycles. The van der Waals surface area contributed by atoms with Crippen LogP contribution >= 0.6 is 0 Å². The largest absolute Gasteiger partial charge is 0.376 e. The second-order valence-corrected chi connectivity index (χ2v) is 12.0. The minimum atomic E-state index is -3.55. The molecule has 2 saturated carbocycles. The maximum Gasteiger partial charge on any atom is 0.243 e. The molecule has 5 rings (SSSR count). The van der Waals surface area contributed by atoms with E-state index in [0.29, 0.717) is 48.7 Å². The summed E-state index contributed by atoms with van der Waals surface area (Å²) in [6.07, 6.45) is 5.65. The zero-order valence-electron chi connectivity index (χ0n) is 18.4. The fourth-order valence-corrected chi connectivity index (χ4v) is 7.08. The Balaban J connectivity index is 1.31. The first-order chi connectivity index (χ1) is 14.8. The molecule has 4 atom stereocenters. The Morgan fingerprint density at radius 2 is 1.87 bits per heavy atom. The molecule has 170 valence electrons. The molecule has 0 radical (unpaired) electrons. The van der Waals surface area contributed by atoms with Gasteiger partial charge in [0, 0.05) is 37.8 Å². The molecule has 0 bridgehead atoms. The normalized spacial score (nSPS) is 31.4. The number of nitrogens with one attached hydrogen (secondary N) is 1. The van der Waals surface area contributed by atoms with Crippen molar-refractivity contribution < 1.29 is 17.9 Å². The highest BCUT2D eigenvalue weighted by Gasteiger charge is 2.46. The third-order valence-corrected chi connectivity index (χ3v) is 9.40. The van der Waals surface area contributed by atoms with E-state index in [9.17, 15) is 13.2 Å². The third-order valence-electron chi connectivity index (χ3n) is 7.57. The van der Waals surface area contributed by atoms with Gasteiger partial charge in [-0.15, -0.1) is 0 Å². The smallest absolute Gasteiger partial charge is 0.243 e. The lowest BCUT2D eigenvalue weighted by Crippen LogP contribution is -2.48. The Hall–Kier alpha value is -1.48. The lowest BCUT2D eigenvalue weighted by atomic mass is 9.77. The molecule has 1 aromatic rings. The Labute approximate surface area is 185 Å². The average molecular weight is 448 g/mol. The van der Waals surface area contributed by atoms with Gasteiger partial charge in [0.1, 0.15) is 0 Å². The molecular formula is C23H33N3O4S. The molecule has 1 saturated heterocycles. The fraction of sp³-hybridized carbons (Fsp3) is 0.696. The van der Waals surface area contributed by atoms with Crippen molar-refractivity contribution >= 4 is 21.6 Å². The lowest BCUT2D eigenvalue weighted by molar-refractivity contribution is -0.116. The third kappa shape index (κ3) is 4.27. The summed E-state index contributed by atoms with van der Waals surface area (Å²) in [5, 5.41) is 2.83. The van der Waals surface area contributed by atoms with Crippen molar-refractivity contribution in [1.82, 2.24) is 9.21 Å². The summed E-state index contributed by atoms with van der Waals surface area (Å²) < 4.78 is 34.9. The summed E-state index contributed by atoms with van der Waals surface area (Å²) in [6.45, 7) is 2.00. The number of amides is 1.